The Morgan fingerprint density at radius 3 is 1.03 bits per heavy atom. The highest BCUT2D eigenvalue weighted by Gasteiger charge is 2.52. The summed E-state index contributed by atoms with van der Waals surface area (Å²) in [7, 11) is 0. The lowest BCUT2D eigenvalue weighted by atomic mass is 9.75. The Bertz CT molecular complexity index is 2410. The van der Waals surface area contributed by atoms with Gasteiger partial charge < -0.3 is 16.0 Å². The van der Waals surface area contributed by atoms with E-state index in [2.05, 4.69) is 35.9 Å². The van der Waals surface area contributed by atoms with Crippen LogP contribution in [-0.2, 0) is 28.8 Å². The Hall–Kier alpha value is -5.93. The zero-order valence-electron chi connectivity index (χ0n) is 47.0. The number of hydrogen-bond acceptors (Lipinski definition) is 12. The van der Waals surface area contributed by atoms with E-state index in [1.165, 1.54) is 49.3 Å². The molecule has 3 saturated carbocycles. The summed E-state index contributed by atoms with van der Waals surface area (Å²) in [5, 5.41) is 8.74. The Kier molecular flexibility index (Phi) is 18.8. The van der Waals surface area contributed by atoms with Crippen molar-refractivity contribution in [1.82, 2.24) is 35.9 Å². The molecule has 16 heteroatoms. The van der Waals surface area contributed by atoms with Crippen molar-refractivity contribution >= 4 is 46.6 Å². The molecule has 3 N–H and O–H groups in total. The van der Waals surface area contributed by atoms with Crippen LogP contribution in [0.2, 0.25) is 0 Å². The van der Waals surface area contributed by atoms with Crippen LogP contribution in [-0.4, -0.2) is 84.7 Å². The van der Waals surface area contributed by atoms with Crippen molar-refractivity contribution in [3.63, 3.8) is 0 Å². The third kappa shape index (κ3) is 16.5. The smallest absolute Gasteiger partial charge is 0.224 e. The minimum Gasteiger partial charge on any atom is -0.345 e. The number of aromatic nitrogens is 4. The molecule has 15 nitrogen and oxygen atoms in total. The zero-order chi connectivity index (χ0) is 56.3. The minimum atomic E-state index is -0.590. The van der Waals surface area contributed by atoms with Gasteiger partial charge in [-0.1, -0.05) is 137 Å². The van der Waals surface area contributed by atoms with Crippen LogP contribution >= 0.6 is 0 Å². The highest BCUT2D eigenvalue weighted by atomic mass is 19.1. The second kappa shape index (κ2) is 22.9. The van der Waals surface area contributed by atoms with Crippen LogP contribution in [0.5, 0.6) is 0 Å². The van der Waals surface area contributed by atoms with Gasteiger partial charge in [-0.05, 0) is 59.1 Å². The second-order valence-corrected chi connectivity index (χ2v) is 26.6. The number of halogens is 1. The van der Waals surface area contributed by atoms with Gasteiger partial charge in [0.25, 0.3) is 0 Å². The molecule has 2 heterocycles. The van der Waals surface area contributed by atoms with Crippen LogP contribution in [0.25, 0.3) is 0 Å². The number of nitrogens with zero attached hydrogens (tertiary/aromatic N) is 4. The lowest BCUT2D eigenvalue weighted by Gasteiger charge is -2.34. The highest BCUT2D eigenvalue weighted by molar-refractivity contribution is 6.04. The summed E-state index contributed by atoms with van der Waals surface area (Å²) in [6.45, 7) is 34.1. The van der Waals surface area contributed by atoms with E-state index in [9.17, 15) is 42.7 Å². The van der Waals surface area contributed by atoms with Gasteiger partial charge in [-0.3, -0.25) is 48.3 Å². The molecule has 3 aliphatic rings. The number of nitrogens with one attached hydrogen (secondary N) is 3. The summed E-state index contributed by atoms with van der Waals surface area (Å²) >= 11 is 0. The van der Waals surface area contributed by atoms with Gasteiger partial charge in [0.1, 0.15) is 17.2 Å². The fourth-order valence-corrected chi connectivity index (χ4v) is 8.42. The van der Waals surface area contributed by atoms with Crippen molar-refractivity contribution in [3.05, 3.63) is 84.2 Å². The van der Waals surface area contributed by atoms with Gasteiger partial charge in [-0.25, -0.2) is 14.4 Å². The largest absolute Gasteiger partial charge is 0.345 e. The van der Waals surface area contributed by atoms with Crippen molar-refractivity contribution in [1.29, 1.82) is 0 Å². The summed E-state index contributed by atoms with van der Waals surface area (Å²) < 4.78 is 13.0. The molecule has 1 aromatic carbocycles. The molecule has 74 heavy (non-hydrogen) atoms. The molecule has 0 saturated heterocycles. The number of hydrogen-bond donors (Lipinski definition) is 3. The van der Waals surface area contributed by atoms with Crippen LogP contribution in [0.15, 0.2) is 61.4 Å². The predicted octanol–water partition coefficient (Wildman–Crippen LogP) is 8.96. The monoisotopic (exact) mass is 1020 g/mol. The fraction of sp³-hybridized carbons (Fsp3) is 0.621. The van der Waals surface area contributed by atoms with E-state index in [1.54, 1.807) is 12.1 Å². The van der Waals surface area contributed by atoms with Crippen molar-refractivity contribution in [2.45, 2.75) is 168 Å². The van der Waals surface area contributed by atoms with Gasteiger partial charge in [-0.2, -0.15) is 0 Å². The van der Waals surface area contributed by atoms with E-state index < -0.39 is 57.0 Å². The first kappa shape index (κ1) is 60.6. The van der Waals surface area contributed by atoms with Crippen LogP contribution < -0.4 is 16.0 Å². The number of benzene rings is 1. The van der Waals surface area contributed by atoms with E-state index in [0.29, 0.717) is 12.8 Å². The summed E-state index contributed by atoms with van der Waals surface area (Å²) in [6.07, 6.45) is 10.5. The van der Waals surface area contributed by atoms with Crippen molar-refractivity contribution < 1.29 is 42.7 Å². The third-order valence-corrected chi connectivity index (χ3v) is 13.4. The molecular formula is C58H82FN7O8. The molecule has 6 rings (SSSR count). The Morgan fingerprint density at radius 1 is 0.446 bits per heavy atom. The number of Topliss-reactive ketones (excluding diaryl/α,β-unsaturated/α-hetero) is 5. The number of amides is 3. The first-order valence-electron chi connectivity index (χ1n) is 25.7. The van der Waals surface area contributed by atoms with Gasteiger partial charge >= 0.3 is 0 Å². The molecule has 0 bridgehead atoms. The quantitative estimate of drug-likeness (QED) is 0.129. The van der Waals surface area contributed by atoms with Gasteiger partial charge in [0.2, 0.25) is 17.7 Å². The van der Waals surface area contributed by atoms with Crippen LogP contribution in [0.3, 0.4) is 0 Å². The Labute approximate surface area is 438 Å². The molecular weight excluding hydrogens is 942 g/mol. The van der Waals surface area contributed by atoms with Gasteiger partial charge in [0.05, 0.1) is 30.5 Å². The minimum absolute atomic E-state index is 0.00852. The molecule has 3 unspecified atom stereocenters. The molecule has 9 atom stereocenters. The normalized spacial score (nSPS) is 21.6. The summed E-state index contributed by atoms with van der Waals surface area (Å²) in [6, 6.07) is 4.61. The van der Waals surface area contributed by atoms with Crippen LogP contribution in [0.1, 0.15) is 176 Å². The van der Waals surface area contributed by atoms with Crippen molar-refractivity contribution in [2.24, 2.45) is 62.1 Å². The van der Waals surface area contributed by atoms with Crippen LogP contribution in [0, 0.1) is 67.9 Å². The molecule has 3 aliphatic carbocycles. The third-order valence-electron chi connectivity index (χ3n) is 13.4. The molecule has 2 aromatic heterocycles. The maximum absolute atomic E-state index is 13.0. The van der Waals surface area contributed by atoms with E-state index in [-0.39, 0.29) is 92.9 Å². The maximum atomic E-state index is 13.0. The van der Waals surface area contributed by atoms with Crippen LogP contribution in [0.4, 0.5) is 4.39 Å². The zero-order valence-corrected chi connectivity index (χ0v) is 47.0. The lowest BCUT2D eigenvalue weighted by Crippen LogP contribution is -2.53. The summed E-state index contributed by atoms with van der Waals surface area (Å²) in [4.78, 5) is 116. The summed E-state index contributed by atoms with van der Waals surface area (Å²) in [5.74, 6) is -2.68. The van der Waals surface area contributed by atoms with Crippen molar-refractivity contribution in [3.8, 4) is 0 Å². The average Bonchev–Trinajstić information content (AvgIpc) is 4.17. The van der Waals surface area contributed by atoms with E-state index in [4.69, 9.17) is 0 Å². The SMILES string of the molecule is CC(C)(C)C(=O)[C@@H](NC(=O)[C@@H]1CC1C(=O)c1cnccn1)C(C)(C)C.CC(C)(C)C(=O)[C@@H](NC(=O)[C@@H]1CC1C(=O)c1cnccn1)C(C)(C)C.CC(C)(C)C(=O)[C@@H](NC(=O)[C@@H]1CC1c1ccc(F)cc1)C(C)(C)C. The van der Waals surface area contributed by atoms with Gasteiger partial charge in [0.15, 0.2) is 28.9 Å². The van der Waals surface area contributed by atoms with E-state index >= 15 is 0 Å². The van der Waals surface area contributed by atoms with Gasteiger partial charge in [0, 0.05) is 70.6 Å². The summed E-state index contributed by atoms with van der Waals surface area (Å²) in [5.41, 5.74) is -1.23. The standard InChI is InChI=1S/C20H28FNO2.2C19H27N3O3/c1-19(2,3)16(17(23)20(4,5)6)22-18(24)15-11-14(15)12-7-9-13(21)10-8-12;2*1-18(2,3)15(16(24)19(4,5)6)22-17(25)12-9-11(12)14(23)13-10-20-7-8-21-13/h7-10,14-16H,11H2,1-6H3,(H,22,24);2*7-8,10-12,15H,9H2,1-6H3,(H,22,25)/t14?,15-,16-;2*11?,12-,15-/m111/s1. The fourth-order valence-electron chi connectivity index (χ4n) is 8.42. The number of carbonyl (C=O) groups excluding carboxylic acids is 8. The molecule has 0 aliphatic heterocycles. The lowest BCUT2D eigenvalue weighted by molar-refractivity contribution is -0.135. The van der Waals surface area contributed by atoms with E-state index in [0.717, 1.165) is 12.0 Å². The molecule has 404 valence electrons. The number of rotatable bonds is 14. The number of ketones is 5. The predicted molar refractivity (Wildman–Crippen MR) is 281 cm³/mol. The number of carbonyl (C=O) groups is 8. The second-order valence-electron chi connectivity index (χ2n) is 26.6. The van der Waals surface area contributed by atoms with Crippen molar-refractivity contribution in [2.75, 3.05) is 0 Å². The molecule has 3 aromatic rings. The maximum Gasteiger partial charge on any atom is 0.224 e. The molecule has 0 spiro atoms. The molecule has 3 fully saturated rings. The topological polar surface area (TPSA) is 224 Å². The first-order valence-corrected chi connectivity index (χ1v) is 25.7. The first-order chi connectivity index (χ1) is 33.8. The Balaban J connectivity index is 0.000000240. The molecule has 0 radical (unpaired) electrons. The molecule has 3 amide bonds. The average molecular weight is 1020 g/mol. The van der Waals surface area contributed by atoms with Gasteiger partial charge in [-0.15, -0.1) is 0 Å². The Morgan fingerprint density at radius 2 is 0.757 bits per heavy atom. The van der Waals surface area contributed by atoms with E-state index in [1.807, 2.05) is 125 Å². The highest BCUT2D eigenvalue weighted by Crippen LogP contribution is 2.48.